The Kier molecular flexibility index (Phi) is 4.35. The molecular formula is C19H17N3O3. The van der Waals surface area contributed by atoms with Crippen LogP contribution in [0.5, 0.6) is 5.75 Å². The maximum atomic E-state index is 11.0. The third-order valence-electron chi connectivity index (χ3n) is 3.99. The zero-order chi connectivity index (χ0) is 18.0. The van der Waals surface area contributed by atoms with Crippen LogP contribution in [-0.2, 0) is 0 Å². The SMILES string of the molecule is Cc1cc(C=Nc2ccccc2O)c(C)n1-c1cccc([N+](=O)[O-])c1. The number of nitro groups is 1. The minimum absolute atomic E-state index is 0.0504. The van der Waals surface area contributed by atoms with Crippen molar-refractivity contribution in [2.45, 2.75) is 13.8 Å². The normalized spacial score (nSPS) is 11.1. The van der Waals surface area contributed by atoms with Crippen molar-refractivity contribution in [3.8, 4) is 11.4 Å². The first kappa shape index (κ1) is 16.4. The van der Waals surface area contributed by atoms with E-state index in [1.807, 2.05) is 30.5 Å². The molecule has 2 aromatic carbocycles. The van der Waals surface area contributed by atoms with Gasteiger partial charge in [-0.25, -0.2) is 0 Å². The molecule has 0 unspecified atom stereocenters. The van der Waals surface area contributed by atoms with Crippen LogP contribution in [0.2, 0.25) is 0 Å². The van der Waals surface area contributed by atoms with Gasteiger partial charge in [0.2, 0.25) is 0 Å². The number of phenols is 1. The molecule has 25 heavy (non-hydrogen) atoms. The van der Waals surface area contributed by atoms with E-state index in [-0.39, 0.29) is 11.4 Å². The zero-order valence-electron chi connectivity index (χ0n) is 13.9. The fourth-order valence-corrected chi connectivity index (χ4v) is 2.77. The number of rotatable bonds is 4. The Labute approximate surface area is 144 Å². The molecule has 1 N–H and O–H groups in total. The summed E-state index contributed by atoms with van der Waals surface area (Å²) in [5, 5.41) is 20.8. The van der Waals surface area contributed by atoms with Crippen LogP contribution in [0.25, 0.3) is 5.69 Å². The number of aliphatic imine (C=N–C) groups is 1. The van der Waals surface area contributed by atoms with Crippen molar-refractivity contribution in [1.82, 2.24) is 4.57 Å². The summed E-state index contributed by atoms with van der Waals surface area (Å²) in [5.74, 6) is 0.117. The highest BCUT2D eigenvalue weighted by atomic mass is 16.6. The molecule has 1 heterocycles. The number of non-ortho nitro benzene ring substituents is 1. The molecule has 0 aliphatic carbocycles. The molecular weight excluding hydrogens is 318 g/mol. The second kappa shape index (κ2) is 6.60. The summed E-state index contributed by atoms with van der Waals surface area (Å²) in [6, 6.07) is 15.3. The molecule has 0 radical (unpaired) electrons. The molecule has 0 aliphatic rings. The van der Waals surface area contributed by atoms with Crippen LogP contribution >= 0.6 is 0 Å². The quantitative estimate of drug-likeness (QED) is 0.434. The summed E-state index contributed by atoms with van der Waals surface area (Å²) >= 11 is 0. The maximum Gasteiger partial charge on any atom is 0.271 e. The van der Waals surface area contributed by atoms with Gasteiger partial charge in [-0.3, -0.25) is 15.1 Å². The predicted octanol–water partition coefficient (Wildman–Crippen LogP) is 4.46. The fourth-order valence-electron chi connectivity index (χ4n) is 2.77. The summed E-state index contributed by atoms with van der Waals surface area (Å²) in [4.78, 5) is 14.9. The Bertz CT molecular complexity index is 974. The zero-order valence-corrected chi connectivity index (χ0v) is 13.9. The minimum atomic E-state index is -0.405. The van der Waals surface area contributed by atoms with Crippen LogP contribution in [0.3, 0.4) is 0 Å². The lowest BCUT2D eigenvalue weighted by Gasteiger charge is -2.09. The molecule has 0 atom stereocenters. The molecule has 0 amide bonds. The van der Waals surface area contributed by atoms with E-state index in [0.717, 1.165) is 22.6 Å². The molecule has 0 saturated carbocycles. The van der Waals surface area contributed by atoms with Gasteiger partial charge < -0.3 is 9.67 Å². The van der Waals surface area contributed by atoms with E-state index in [1.54, 1.807) is 42.6 Å². The van der Waals surface area contributed by atoms with E-state index in [1.165, 1.54) is 6.07 Å². The predicted molar refractivity (Wildman–Crippen MR) is 97.3 cm³/mol. The second-order valence-electron chi connectivity index (χ2n) is 5.69. The third kappa shape index (κ3) is 3.28. The number of phenolic OH excluding ortho intramolecular Hbond substituents is 1. The molecule has 3 rings (SSSR count). The lowest BCUT2D eigenvalue weighted by molar-refractivity contribution is -0.384. The highest BCUT2D eigenvalue weighted by molar-refractivity contribution is 5.85. The first-order chi connectivity index (χ1) is 12.0. The topological polar surface area (TPSA) is 80.7 Å². The number of para-hydroxylation sites is 2. The highest BCUT2D eigenvalue weighted by Gasteiger charge is 2.12. The van der Waals surface area contributed by atoms with E-state index < -0.39 is 4.92 Å². The van der Waals surface area contributed by atoms with Gasteiger partial charge in [-0.2, -0.15) is 0 Å². The average Bonchev–Trinajstić information content (AvgIpc) is 2.88. The molecule has 3 aromatic rings. The number of nitro benzene ring substituents is 1. The number of benzene rings is 2. The average molecular weight is 335 g/mol. The summed E-state index contributed by atoms with van der Waals surface area (Å²) in [7, 11) is 0. The van der Waals surface area contributed by atoms with Crippen LogP contribution < -0.4 is 0 Å². The van der Waals surface area contributed by atoms with Crippen molar-refractivity contribution >= 4 is 17.6 Å². The van der Waals surface area contributed by atoms with Crippen LogP contribution in [-0.4, -0.2) is 20.8 Å². The van der Waals surface area contributed by atoms with E-state index in [9.17, 15) is 15.2 Å². The molecule has 0 spiro atoms. The van der Waals surface area contributed by atoms with Crippen molar-refractivity contribution < 1.29 is 10.0 Å². The van der Waals surface area contributed by atoms with Crippen molar-refractivity contribution in [3.05, 3.63) is 81.7 Å². The standard InChI is InChI=1S/C19H17N3O3/c1-13-10-15(12-20-18-8-3-4-9-19(18)23)14(2)21(13)16-6-5-7-17(11-16)22(24)25/h3-12,23H,1-2H3. The highest BCUT2D eigenvalue weighted by Crippen LogP contribution is 2.26. The lowest BCUT2D eigenvalue weighted by atomic mass is 10.2. The molecule has 1 aromatic heterocycles. The number of nitrogens with zero attached hydrogens (tertiary/aromatic N) is 3. The van der Waals surface area contributed by atoms with Gasteiger partial charge in [0.25, 0.3) is 5.69 Å². The Hall–Kier alpha value is -3.41. The molecule has 6 heteroatoms. The molecule has 0 aliphatic heterocycles. The van der Waals surface area contributed by atoms with Gasteiger partial charge in [0.1, 0.15) is 11.4 Å². The number of hydrogen-bond acceptors (Lipinski definition) is 4. The molecule has 126 valence electrons. The van der Waals surface area contributed by atoms with E-state index in [4.69, 9.17) is 0 Å². The molecule has 0 bridgehead atoms. The smallest absolute Gasteiger partial charge is 0.271 e. The second-order valence-corrected chi connectivity index (χ2v) is 5.69. The number of aromatic hydroxyl groups is 1. The molecule has 6 nitrogen and oxygen atoms in total. The summed E-state index contributed by atoms with van der Waals surface area (Å²) in [6.45, 7) is 3.86. The Morgan fingerprint density at radius 2 is 1.88 bits per heavy atom. The molecule has 0 saturated heterocycles. The van der Waals surface area contributed by atoms with Crippen LogP contribution in [0.1, 0.15) is 17.0 Å². The van der Waals surface area contributed by atoms with E-state index >= 15 is 0 Å². The van der Waals surface area contributed by atoms with E-state index in [2.05, 4.69) is 4.99 Å². The monoisotopic (exact) mass is 335 g/mol. The summed E-state index contributed by atoms with van der Waals surface area (Å²) in [6.07, 6.45) is 1.69. The van der Waals surface area contributed by atoms with Gasteiger partial charge in [-0.05, 0) is 38.1 Å². The summed E-state index contributed by atoms with van der Waals surface area (Å²) < 4.78 is 1.94. The number of aromatic nitrogens is 1. The Balaban J connectivity index is 2.01. The summed E-state index contributed by atoms with van der Waals surface area (Å²) in [5.41, 5.74) is 4.00. The van der Waals surface area contributed by atoms with Crippen molar-refractivity contribution in [2.75, 3.05) is 0 Å². The van der Waals surface area contributed by atoms with Crippen molar-refractivity contribution in [3.63, 3.8) is 0 Å². The lowest BCUT2D eigenvalue weighted by Crippen LogP contribution is -2.00. The third-order valence-corrected chi connectivity index (χ3v) is 3.99. The van der Waals surface area contributed by atoms with Crippen molar-refractivity contribution in [1.29, 1.82) is 0 Å². The van der Waals surface area contributed by atoms with Gasteiger partial charge in [0.15, 0.2) is 0 Å². The maximum absolute atomic E-state index is 11.0. The first-order valence-electron chi connectivity index (χ1n) is 7.73. The van der Waals surface area contributed by atoms with Crippen molar-refractivity contribution in [2.24, 2.45) is 4.99 Å². The van der Waals surface area contributed by atoms with Gasteiger partial charge in [0.05, 0.1) is 10.6 Å². The van der Waals surface area contributed by atoms with Crippen LogP contribution in [0, 0.1) is 24.0 Å². The Morgan fingerprint density at radius 3 is 2.60 bits per heavy atom. The molecule has 0 fully saturated rings. The van der Waals surface area contributed by atoms with E-state index in [0.29, 0.717) is 5.69 Å². The van der Waals surface area contributed by atoms with Gasteiger partial charge in [0, 0.05) is 35.3 Å². The number of aryl methyl sites for hydroxylation is 1. The van der Waals surface area contributed by atoms with Gasteiger partial charge >= 0.3 is 0 Å². The number of hydrogen-bond donors (Lipinski definition) is 1. The van der Waals surface area contributed by atoms with Gasteiger partial charge in [-0.15, -0.1) is 0 Å². The fraction of sp³-hybridized carbons (Fsp3) is 0.105. The largest absolute Gasteiger partial charge is 0.506 e. The van der Waals surface area contributed by atoms with Crippen LogP contribution in [0.4, 0.5) is 11.4 Å². The minimum Gasteiger partial charge on any atom is -0.506 e. The van der Waals surface area contributed by atoms with Gasteiger partial charge in [-0.1, -0.05) is 18.2 Å². The first-order valence-corrected chi connectivity index (χ1v) is 7.73. The van der Waals surface area contributed by atoms with Crippen LogP contribution in [0.15, 0.2) is 59.6 Å². The Morgan fingerprint density at radius 1 is 1.12 bits per heavy atom.